The van der Waals surface area contributed by atoms with Gasteiger partial charge in [0.1, 0.15) is 6.10 Å². The summed E-state index contributed by atoms with van der Waals surface area (Å²) in [5, 5.41) is 27.6. The highest BCUT2D eigenvalue weighted by atomic mass is 16.7. The van der Waals surface area contributed by atoms with E-state index in [4.69, 9.17) is 14.6 Å². The van der Waals surface area contributed by atoms with Gasteiger partial charge >= 0.3 is 5.97 Å². The van der Waals surface area contributed by atoms with Crippen LogP contribution in [0.2, 0.25) is 0 Å². The van der Waals surface area contributed by atoms with E-state index in [0.29, 0.717) is 6.42 Å². The van der Waals surface area contributed by atoms with E-state index in [2.05, 4.69) is 0 Å². The van der Waals surface area contributed by atoms with Crippen molar-refractivity contribution in [3.8, 4) is 0 Å². The number of rotatable bonds is 5. The smallest absolute Gasteiger partial charge is 0.303 e. The Morgan fingerprint density at radius 1 is 1.47 bits per heavy atom. The quantitative estimate of drug-likeness (QED) is 0.639. The molecule has 2 unspecified atom stereocenters. The highest BCUT2D eigenvalue weighted by Crippen LogP contribution is 2.22. The Morgan fingerprint density at radius 2 is 2.12 bits per heavy atom. The van der Waals surface area contributed by atoms with Crippen LogP contribution in [0, 0.1) is 0 Å². The molecule has 0 saturated carbocycles. The molecule has 1 rings (SSSR count). The standard InChI is InChI=1S/C11H20O6/c1-6(3-4-10(14)15)16-11-9(13)5-8(12)7(2)17-11/h6-9,11-13H,3-5H2,1-2H3,(H,14,15)/t6-,7?,8-,9?,11-/m1/s1. The number of carboxylic acids is 1. The fourth-order valence-corrected chi connectivity index (χ4v) is 1.69. The first kappa shape index (κ1) is 14.4. The van der Waals surface area contributed by atoms with Crippen molar-refractivity contribution in [1.29, 1.82) is 0 Å². The summed E-state index contributed by atoms with van der Waals surface area (Å²) in [5.74, 6) is -0.880. The topological polar surface area (TPSA) is 96.2 Å². The predicted octanol–water partition coefficient (Wildman–Crippen LogP) is 0.113. The van der Waals surface area contributed by atoms with Gasteiger partial charge < -0.3 is 24.8 Å². The fourth-order valence-electron chi connectivity index (χ4n) is 1.69. The molecule has 1 saturated heterocycles. The molecule has 0 amide bonds. The van der Waals surface area contributed by atoms with E-state index in [-0.39, 0.29) is 18.9 Å². The van der Waals surface area contributed by atoms with Gasteiger partial charge in [-0.05, 0) is 20.3 Å². The van der Waals surface area contributed by atoms with Gasteiger partial charge in [-0.3, -0.25) is 4.79 Å². The molecule has 1 fully saturated rings. The maximum atomic E-state index is 10.4. The molecule has 1 aliphatic rings. The number of aliphatic hydroxyl groups is 2. The Kier molecular flexibility index (Phi) is 5.32. The molecule has 1 heterocycles. The molecule has 0 aliphatic carbocycles. The minimum Gasteiger partial charge on any atom is -0.481 e. The zero-order valence-corrected chi connectivity index (χ0v) is 10.1. The van der Waals surface area contributed by atoms with Crippen LogP contribution in [0.1, 0.15) is 33.1 Å². The number of ether oxygens (including phenoxy) is 2. The number of carboxylic acid groups (broad SMARTS) is 1. The van der Waals surface area contributed by atoms with Crippen LogP contribution in [-0.4, -0.2) is 52.0 Å². The average Bonchev–Trinajstić information content (AvgIpc) is 2.23. The largest absolute Gasteiger partial charge is 0.481 e. The second-order valence-corrected chi connectivity index (χ2v) is 4.46. The maximum Gasteiger partial charge on any atom is 0.303 e. The Labute approximate surface area is 100 Å². The molecule has 1 aliphatic heterocycles. The number of hydrogen-bond acceptors (Lipinski definition) is 5. The zero-order valence-electron chi connectivity index (χ0n) is 10.1. The van der Waals surface area contributed by atoms with Crippen molar-refractivity contribution in [3.63, 3.8) is 0 Å². The molecule has 0 bridgehead atoms. The number of aliphatic hydroxyl groups excluding tert-OH is 2. The molecule has 6 heteroatoms. The summed E-state index contributed by atoms with van der Waals surface area (Å²) in [4.78, 5) is 10.4. The average molecular weight is 248 g/mol. The molecule has 3 N–H and O–H groups in total. The molecule has 0 radical (unpaired) electrons. The van der Waals surface area contributed by atoms with E-state index in [9.17, 15) is 15.0 Å². The van der Waals surface area contributed by atoms with E-state index in [1.165, 1.54) is 0 Å². The van der Waals surface area contributed by atoms with Crippen LogP contribution in [-0.2, 0) is 14.3 Å². The summed E-state index contributed by atoms with van der Waals surface area (Å²) >= 11 is 0. The minimum absolute atomic E-state index is 0.0160. The highest BCUT2D eigenvalue weighted by molar-refractivity contribution is 5.66. The summed E-state index contributed by atoms with van der Waals surface area (Å²) in [6, 6.07) is 0. The lowest BCUT2D eigenvalue weighted by Crippen LogP contribution is -2.48. The first-order chi connectivity index (χ1) is 7.90. The van der Waals surface area contributed by atoms with Crippen molar-refractivity contribution in [2.75, 3.05) is 0 Å². The number of hydrogen-bond donors (Lipinski definition) is 3. The van der Waals surface area contributed by atoms with E-state index < -0.39 is 30.6 Å². The lowest BCUT2D eigenvalue weighted by Gasteiger charge is -2.36. The molecule has 100 valence electrons. The van der Waals surface area contributed by atoms with Crippen LogP contribution in [0.25, 0.3) is 0 Å². The highest BCUT2D eigenvalue weighted by Gasteiger charge is 2.35. The van der Waals surface area contributed by atoms with Gasteiger partial charge in [-0.2, -0.15) is 0 Å². The maximum absolute atomic E-state index is 10.4. The molecule has 0 aromatic carbocycles. The number of carbonyl (C=O) groups is 1. The van der Waals surface area contributed by atoms with Gasteiger partial charge in [0, 0.05) is 12.8 Å². The Morgan fingerprint density at radius 3 is 2.71 bits per heavy atom. The van der Waals surface area contributed by atoms with Crippen molar-refractivity contribution in [1.82, 2.24) is 0 Å². The molecule has 0 aromatic heterocycles. The first-order valence-electron chi connectivity index (χ1n) is 5.79. The van der Waals surface area contributed by atoms with Crippen molar-refractivity contribution >= 4 is 5.97 Å². The van der Waals surface area contributed by atoms with E-state index in [1.807, 2.05) is 0 Å². The van der Waals surface area contributed by atoms with E-state index in [1.54, 1.807) is 13.8 Å². The second kappa shape index (κ2) is 6.30. The van der Waals surface area contributed by atoms with Gasteiger partial charge in [0.15, 0.2) is 6.29 Å². The minimum atomic E-state index is -0.881. The third-order valence-electron chi connectivity index (χ3n) is 2.82. The molecule has 5 atom stereocenters. The Hall–Kier alpha value is -0.690. The summed E-state index contributed by atoms with van der Waals surface area (Å²) in [5.41, 5.74) is 0. The summed E-state index contributed by atoms with van der Waals surface area (Å²) in [6.07, 6.45) is -2.49. The summed E-state index contributed by atoms with van der Waals surface area (Å²) < 4.78 is 10.7. The van der Waals surface area contributed by atoms with Gasteiger partial charge in [0.25, 0.3) is 0 Å². The Bertz CT molecular complexity index is 256. The summed E-state index contributed by atoms with van der Waals surface area (Å²) in [7, 11) is 0. The molecular formula is C11H20O6. The third-order valence-corrected chi connectivity index (χ3v) is 2.82. The molecular weight excluding hydrogens is 228 g/mol. The van der Waals surface area contributed by atoms with Gasteiger partial charge in [0.05, 0.1) is 18.3 Å². The predicted molar refractivity (Wildman–Crippen MR) is 58.4 cm³/mol. The molecule has 0 aromatic rings. The lowest BCUT2D eigenvalue weighted by molar-refractivity contribution is -0.273. The van der Waals surface area contributed by atoms with Gasteiger partial charge in [-0.1, -0.05) is 0 Å². The number of aliphatic carboxylic acids is 1. The molecule has 0 spiro atoms. The Balaban J connectivity index is 2.37. The van der Waals surface area contributed by atoms with E-state index in [0.717, 1.165) is 0 Å². The SMILES string of the molecule is CC1O[C@@H](O[C@H](C)CCC(=O)O)C(O)C[C@H]1O. The summed E-state index contributed by atoms with van der Waals surface area (Å²) in [6.45, 7) is 3.43. The monoisotopic (exact) mass is 248 g/mol. The second-order valence-electron chi connectivity index (χ2n) is 4.46. The first-order valence-corrected chi connectivity index (χ1v) is 5.79. The van der Waals surface area contributed by atoms with Crippen molar-refractivity contribution in [2.24, 2.45) is 0 Å². The molecule has 17 heavy (non-hydrogen) atoms. The normalized spacial score (nSPS) is 35.5. The van der Waals surface area contributed by atoms with Crippen molar-refractivity contribution in [3.05, 3.63) is 0 Å². The van der Waals surface area contributed by atoms with Crippen LogP contribution < -0.4 is 0 Å². The van der Waals surface area contributed by atoms with Gasteiger partial charge in [-0.25, -0.2) is 0 Å². The van der Waals surface area contributed by atoms with Crippen molar-refractivity contribution in [2.45, 2.75) is 63.8 Å². The van der Waals surface area contributed by atoms with Crippen LogP contribution in [0.3, 0.4) is 0 Å². The van der Waals surface area contributed by atoms with Crippen LogP contribution in [0.15, 0.2) is 0 Å². The van der Waals surface area contributed by atoms with Gasteiger partial charge in [-0.15, -0.1) is 0 Å². The zero-order chi connectivity index (χ0) is 13.0. The van der Waals surface area contributed by atoms with Crippen LogP contribution in [0.4, 0.5) is 0 Å². The van der Waals surface area contributed by atoms with Crippen LogP contribution in [0.5, 0.6) is 0 Å². The van der Waals surface area contributed by atoms with Crippen molar-refractivity contribution < 1.29 is 29.6 Å². The fraction of sp³-hybridized carbons (Fsp3) is 0.909. The molecule has 6 nitrogen and oxygen atoms in total. The van der Waals surface area contributed by atoms with Crippen LogP contribution >= 0.6 is 0 Å². The lowest BCUT2D eigenvalue weighted by atomic mass is 10.0. The van der Waals surface area contributed by atoms with Gasteiger partial charge in [0.2, 0.25) is 0 Å². The van der Waals surface area contributed by atoms with E-state index >= 15 is 0 Å². The third kappa shape index (κ3) is 4.59.